The van der Waals surface area contributed by atoms with Gasteiger partial charge in [0.15, 0.2) is 0 Å². The Morgan fingerprint density at radius 3 is 1.26 bits per heavy atom. The molecule has 0 spiro atoms. The van der Waals surface area contributed by atoms with Gasteiger partial charge in [0.05, 0.1) is 0 Å². The van der Waals surface area contributed by atoms with Crippen LogP contribution in [0.3, 0.4) is 0 Å². The third-order valence-corrected chi connectivity index (χ3v) is 6.07. The molecule has 0 aliphatic heterocycles. The Balaban J connectivity index is 0.000000909. The number of anilines is 1. The number of nitrogens with one attached hydrogen (secondary N) is 4. The highest BCUT2D eigenvalue weighted by Gasteiger charge is 2.26. The number of carboxylic acid groups (broad SMARTS) is 6. The molecular weight excluding hydrogens is 632 g/mol. The van der Waals surface area contributed by atoms with E-state index in [-0.39, 0.29) is 25.7 Å². The van der Waals surface area contributed by atoms with Gasteiger partial charge in [-0.2, -0.15) is 0 Å². The zero-order chi connectivity index (χ0) is 36.1. The van der Waals surface area contributed by atoms with Crippen LogP contribution in [0.4, 0.5) is 15.3 Å². The number of amides is 4. The first kappa shape index (κ1) is 41.3. The molecule has 0 aliphatic rings. The van der Waals surface area contributed by atoms with Crippen LogP contribution in [0.5, 0.6) is 0 Å². The normalized spacial score (nSPS) is 12.8. The van der Waals surface area contributed by atoms with Crippen LogP contribution in [-0.2, 0) is 35.2 Å². The molecule has 0 aliphatic carbocycles. The summed E-state index contributed by atoms with van der Waals surface area (Å²) in [7, 11) is 0. The van der Waals surface area contributed by atoms with Crippen molar-refractivity contribution in [3.05, 3.63) is 29.8 Å². The van der Waals surface area contributed by atoms with Gasteiger partial charge in [0.25, 0.3) is 0 Å². The Morgan fingerprint density at radius 2 is 0.915 bits per heavy atom. The van der Waals surface area contributed by atoms with E-state index in [0.29, 0.717) is 30.6 Å². The molecule has 4 amide bonds. The lowest BCUT2D eigenvalue weighted by atomic mass is 10.1. The monoisotopic (exact) mass is 672 g/mol. The number of urea groups is 2. The molecule has 20 heteroatoms. The predicted octanol–water partition coefficient (Wildman–Crippen LogP) is -0.932. The smallest absolute Gasteiger partial charge is 0.326 e. The van der Waals surface area contributed by atoms with Gasteiger partial charge >= 0.3 is 47.9 Å². The lowest BCUT2D eigenvalue weighted by Crippen LogP contribution is -2.51. The molecule has 0 saturated heterocycles. The van der Waals surface area contributed by atoms with E-state index >= 15 is 0 Å². The number of carboxylic acids is 6. The Bertz CT molecular complexity index is 1240. The molecule has 1 aromatic rings. The second kappa shape index (κ2) is 21.9. The first-order valence-electron chi connectivity index (χ1n) is 14.0. The second-order valence-electron chi connectivity index (χ2n) is 9.89. The van der Waals surface area contributed by atoms with Crippen molar-refractivity contribution in [3.8, 4) is 0 Å². The van der Waals surface area contributed by atoms with Crippen LogP contribution in [0, 0.1) is 0 Å². The summed E-state index contributed by atoms with van der Waals surface area (Å²) in [5.74, 6) is -7.76. The maximum atomic E-state index is 11.8. The van der Waals surface area contributed by atoms with Crippen LogP contribution < -0.4 is 32.7 Å². The molecule has 0 unspecified atom stereocenters. The number of hydrogen-bond acceptors (Lipinski definition) is 10. The minimum absolute atomic E-state index is 0.0318. The number of hydrogen-bond donors (Lipinski definition) is 12. The highest BCUT2D eigenvalue weighted by molar-refractivity contribution is 5.87. The van der Waals surface area contributed by atoms with Crippen LogP contribution in [0.1, 0.15) is 50.5 Å². The minimum Gasteiger partial charge on any atom is -0.481 e. The molecule has 20 nitrogen and oxygen atoms in total. The first-order valence-corrected chi connectivity index (χ1v) is 14.0. The van der Waals surface area contributed by atoms with Gasteiger partial charge in [-0.1, -0.05) is 12.1 Å². The lowest BCUT2D eigenvalue weighted by molar-refractivity contribution is -0.142. The van der Waals surface area contributed by atoms with Gasteiger partial charge in [-0.05, 0) is 56.3 Å². The maximum Gasteiger partial charge on any atom is 0.326 e. The molecule has 0 bridgehead atoms. The van der Waals surface area contributed by atoms with Crippen molar-refractivity contribution in [2.75, 3.05) is 12.3 Å². The van der Waals surface area contributed by atoms with Crippen LogP contribution in [0.25, 0.3) is 0 Å². The van der Waals surface area contributed by atoms with E-state index in [9.17, 15) is 43.5 Å². The highest BCUT2D eigenvalue weighted by Crippen LogP contribution is 2.09. The van der Waals surface area contributed by atoms with E-state index in [0.717, 1.165) is 0 Å². The molecule has 14 N–H and O–H groups in total. The first-order chi connectivity index (χ1) is 22.0. The van der Waals surface area contributed by atoms with Gasteiger partial charge in [0, 0.05) is 24.9 Å². The SMILES string of the molecule is NCCCC[C@H](NC(=O)N[C@@H](CCC(=O)O)C(=O)O)C(=O)O.Nc1ccc(C[C@H](NC(=O)N[C@@H](CCC(=O)O)C(=O)O)C(=O)O)cc1. The lowest BCUT2D eigenvalue weighted by Gasteiger charge is -2.18. The summed E-state index contributed by atoms with van der Waals surface area (Å²) in [5.41, 5.74) is 11.9. The van der Waals surface area contributed by atoms with Crippen molar-refractivity contribution in [2.45, 2.75) is 75.5 Å². The van der Waals surface area contributed by atoms with Gasteiger partial charge in [-0.3, -0.25) is 9.59 Å². The average molecular weight is 673 g/mol. The summed E-state index contributed by atoms with van der Waals surface area (Å²) < 4.78 is 0. The Labute approximate surface area is 267 Å². The van der Waals surface area contributed by atoms with E-state index in [1.54, 1.807) is 24.3 Å². The maximum absolute atomic E-state index is 11.8. The predicted molar refractivity (Wildman–Crippen MR) is 160 cm³/mol. The topological polar surface area (TPSA) is 358 Å². The van der Waals surface area contributed by atoms with E-state index in [2.05, 4.69) is 16.0 Å². The summed E-state index contributed by atoms with van der Waals surface area (Å²) in [4.78, 5) is 88.6. The number of aliphatic carboxylic acids is 6. The Kier molecular flexibility index (Phi) is 19.3. The number of rotatable bonds is 20. The number of carbonyl (C=O) groups is 8. The molecule has 262 valence electrons. The van der Waals surface area contributed by atoms with Gasteiger partial charge in [-0.25, -0.2) is 28.8 Å². The zero-order valence-corrected chi connectivity index (χ0v) is 25.1. The number of unbranched alkanes of at least 4 members (excludes halogenated alkanes) is 1. The second-order valence-corrected chi connectivity index (χ2v) is 9.89. The average Bonchev–Trinajstić information content (AvgIpc) is 2.97. The molecule has 0 radical (unpaired) electrons. The largest absolute Gasteiger partial charge is 0.481 e. The van der Waals surface area contributed by atoms with Crippen molar-refractivity contribution in [3.63, 3.8) is 0 Å². The number of nitrogens with two attached hydrogens (primary N) is 2. The standard InChI is InChI=1S/C15H19N3O7.C12H21N3O7/c16-9-3-1-8(2-4-9)7-11(14(23)24)18-15(25)17-10(13(21)22)5-6-12(19)20;13-6-2-1-3-7(10(18)19)14-12(22)15-8(11(20)21)4-5-9(16)17/h1-4,10-11H,5-7,16H2,(H,19,20)(H,21,22)(H,23,24)(H2,17,18,25);7-8H,1-6,13H2,(H,16,17)(H,18,19)(H,20,21)(H2,14,15,22)/t10-,11-;7-,8-/m00/s1. The summed E-state index contributed by atoms with van der Waals surface area (Å²) in [5, 5.41) is 61.5. The van der Waals surface area contributed by atoms with Crippen molar-refractivity contribution in [2.24, 2.45) is 5.73 Å². The van der Waals surface area contributed by atoms with Crippen LogP contribution in [-0.4, -0.2) is 109 Å². The van der Waals surface area contributed by atoms with Gasteiger partial charge in [0.1, 0.15) is 24.2 Å². The third-order valence-electron chi connectivity index (χ3n) is 6.07. The molecular formula is C27H40N6O14. The van der Waals surface area contributed by atoms with Crippen LogP contribution >= 0.6 is 0 Å². The summed E-state index contributed by atoms with van der Waals surface area (Å²) in [6.45, 7) is 0.398. The van der Waals surface area contributed by atoms with Gasteiger partial charge in [0.2, 0.25) is 0 Å². The van der Waals surface area contributed by atoms with Gasteiger partial charge in [-0.15, -0.1) is 0 Å². The number of benzene rings is 1. The summed E-state index contributed by atoms with van der Waals surface area (Å²) in [6.07, 6.45) is -0.292. The molecule has 1 aromatic carbocycles. The zero-order valence-electron chi connectivity index (χ0n) is 25.1. The molecule has 0 fully saturated rings. The fraction of sp³-hybridized carbons (Fsp3) is 0.481. The summed E-state index contributed by atoms with van der Waals surface area (Å²) in [6, 6.07) is -0.912. The molecule has 0 heterocycles. The number of carbonyl (C=O) groups excluding carboxylic acids is 2. The third kappa shape index (κ3) is 19.4. The van der Waals surface area contributed by atoms with Crippen molar-refractivity contribution in [1.82, 2.24) is 21.3 Å². The van der Waals surface area contributed by atoms with E-state index in [1.807, 2.05) is 5.32 Å². The Morgan fingerprint density at radius 1 is 0.553 bits per heavy atom. The van der Waals surface area contributed by atoms with E-state index in [4.69, 9.17) is 37.0 Å². The molecule has 4 atom stereocenters. The minimum atomic E-state index is -1.44. The fourth-order valence-corrected chi connectivity index (χ4v) is 3.61. The van der Waals surface area contributed by atoms with Crippen LogP contribution in [0.15, 0.2) is 24.3 Å². The molecule has 1 rings (SSSR count). The fourth-order valence-electron chi connectivity index (χ4n) is 3.61. The molecule has 47 heavy (non-hydrogen) atoms. The van der Waals surface area contributed by atoms with E-state index in [1.165, 1.54) is 0 Å². The van der Waals surface area contributed by atoms with Crippen molar-refractivity contribution < 1.29 is 69.0 Å². The van der Waals surface area contributed by atoms with Crippen molar-refractivity contribution >= 4 is 53.6 Å². The number of nitrogen functional groups attached to an aromatic ring is 1. The van der Waals surface area contributed by atoms with E-state index < -0.39 is 84.9 Å². The summed E-state index contributed by atoms with van der Waals surface area (Å²) >= 11 is 0. The highest BCUT2D eigenvalue weighted by atomic mass is 16.4. The van der Waals surface area contributed by atoms with Crippen molar-refractivity contribution in [1.29, 1.82) is 0 Å². The molecule has 0 saturated carbocycles. The molecule has 0 aromatic heterocycles. The van der Waals surface area contributed by atoms with Gasteiger partial charge < -0.3 is 63.4 Å². The Hall–Kier alpha value is -5.66. The van der Waals surface area contributed by atoms with Crippen LogP contribution in [0.2, 0.25) is 0 Å². The quantitative estimate of drug-likeness (QED) is 0.0587.